The molecule has 0 aliphatic rings. The minimum Gasteiger partial charge on any atom is -0.469 e. The summed E-state index contributed by atoms with van der Waals surface area (Å²) in [6.07, 6.45) is -1.18. The molecule has 136 valence electrons. The van der Waals surface area contributed by atoms with Gasteiger partial charge in [0.05, 0.1) is 27.8 Å². The number of ether oxygens (including phenoxy) is 3. The number of aliphatic hydroxyl groups is 1. The van der Waals surface area contributed by atoms with Crippen molar-refractivity contribution < 1.29 is 38.5 Å². The first-order valence-electron chi connectivity index (χ1n) is 7.32. The van der Waals surface area contributed by atoms with E-state index in [4.69, 9.17) is 0 Å². The smallest absolute Gasteiger partial charge is 0.339 e. The lowest BCUT2D eigenvalue weighted by Gasteiger charge is -2.30. The van der Waals surface area contributed by atoms with E-state index in [9.17, 15) is 24.3 Å². The first-order valence-corrected chi connectivity index (χ1v) is 7.32. The molecule has 25 heavy (non-hydrogen) atoms. The van der Waals surface area contributed by atoms with Crippen LogP contribution in [-0.4, -0.2) is 55.7 Å². The number of methoxy groups -OCH3 is 3. The lowest BCUT2D eigenvalue weighted by molar-refractivity contribution is -0.184. The summed E-state index contributed by atoms with van der Waals surface area (Å²) in [5.74, 6) is -6.19. The highest BCUT2D eigenvalue weighted by molar-refractivity contribution is 6.06. The predicted octanol–water partition coefficient (Wildman–Crippen LogP) is 0.0546. The van der Waals surface area contributed by atoms with Gasteiger partial charge in [-0.1, -0.05) is 30.3 Å². The molecule has 1 N–H and O–H groups in total. The summed E-state index contributed by atoms with van der Waals surface area (Å²) in [5, 5.41) is 10.7. The third-order valence-corrected chi connectivity index (χ3v) is 3.64. The molecule has 0 heterocycles. The highest BCUT2D eigenvalue weighted by atomic mass is 16.6. The zero-order valence-corrected chi connectivity index (χ0v) is 14.2. The van der Waals surface area contributed by atoms with Crippen LogP contribution in [0.3, 0.4) is 0 Å². The van der Waals surface area contributed by atoms with Gasteiger partial charge in [-0.05, 0) is 5.56 Å². The van der Waals surface area contributed by atoms with Gasteiger partial charge in [-0.2, -0.15) is 0 Å². The number of ketones is 1. The quantitative estimate of drug-likeness (QED) is 0.396. The largest absolute Gasteiger partial charge is 0.469 e. The number of hydrogen-bond acceptors (Lipinski definition) is 8. The maximum absolute atomic E-state index is 12.6. The van der Waals surface area contributed by atoms with Crippen molar-refractivity contribution in [3.05, 3.63) is 35.9 Å². The molecule has 1 aromatic rings. The third-order valence-electron chi connectivity index (χ3n) is 3.64. The van der Waals surface area contributed by atoms with Crippen LogP contribution in [0.5, 0.6) is 0 Å². The van der Waals surface area contributed by atoms with Crippen LogP contribution in [0.25, 0.3) is 0 Å². The summed E-state index contributed by atoms with van der Waals surface area (Å²) < 4.78 is 13.5. The highest BCUT2D eigenvalue weighted by Gasteiger charge is 2.54. The minimum atomic E-state index is -2.74. The lowest BCUT2D eigenvalue weighted by Crippen LogP contribution is -2.55. The maximum atomic E-state index is 12.6. The highest BCUT2D eigenvalue weighted by Crippen LogP contribution is 2.28. The molecule has 0 saturated heterocycles. The number of benzene rings is 1. The molecule has 8 heteroatoms. The van der Waals surface area contributed by atoms with Crippen molar-refractivity contribution in [2.75, 3.05) is 21.3 Å². The molecule has 0 bridgehead atoms. The normalized spacial score (nSPS) is 13.9. The third kappa shape index (κ3) is 4.87. The van der Waals surface area contributed by atoms with Crippen molar-refractivity contribution in [1.82, 2.24) is 0 Å². The van der Waals surface area contributed by atoms with E-state index >= 15 is 0 Å². The van der Waals surface area contributed by atoms with Gasteiger partial charge in [-0.15, -0.1) is 0 Å². The zero-order valence-electron chi connectivity index (χ0n) is 14.2. The second kappa shape index (κ2) is 8.93. The van der Waals surface area contributed by atoms with Gasteiger partial charge < -0.3 is 19.3 Å². The van der Waals surface area contributed by atoms with Gasteiger partial charge in [0.25, 0.3) is 0 Å². The van der Waals surface area contributed by atoms with Gasteiger partial charge in [-0.3, -0.25) is 14.4 Å². The van der Waals surface area contributed by atoms with Gasteiger partial charge >= 0.3 is 17.9 Å². The number of carbonyl (C=O) groups excluding carboxylic acids is 4. The predicted molar refractivity (Wildman–Crippen MR) is 84.3 cm³/mol. The van der Waals surface area contributed by atoms with E-state index in [2.05, 4.69) is 14.2 Å². The number of rotatable bonds is 8. The molecule has 1 rings (SSSR count). The van der Waals surface area contributed by atoms with Crippen LogP contribution in [0.15, 0.2) is 30.3 Å². The van der Waals surface area contributed by atoms with Gasteiger partial charge in [0.15, 0.2) is 17.3 Å². The lowest BCUT2D eigenvalue weighted by atomic mass is 9.79. The maximum Gasteiger partial charge on any atom is 0.339 e. The molecular formula is C17H20O8. The van der Waals surface area contributed by atoms with Crippen molar-refractivity contribution >= 4 is 23.7 Å². The molecule has 0 aromatic heterocycles. The molecule has 0 amide bonds. The summed E-state index contributed by atoms with van der Waals surface area (Å²) in [6.45, 7) is 0. The Morgan fingerprint density at radius 3 is 2.08 bits per heavy atom. The number of esters is 3. The molecule has 0 radical (unpaired) electrons. The van der Waals surface area contributed by atoms with E-state index in [1.165, 1.54) is 0 Å². The zero-order chi connectivity index (χ0) is 19.0. The van der Waals surface area contributed by atoms with Gasteiger partial charge in [0.1, 0.15) is 0 Å². The molecule has 0 saturated carbocycles. The monoisotopic (exact) mass is 352 g/mol. The second-order valence-electron chi connectivity index (χ2n) is 5.25. The summed E-state index contributed by atoms with van der Waals surface area (Å²) in [4.78, 5) is 48.4. The van der Waals surface area contributed by atoms with Crippen molar-refractivity contribution in [3.63, 3.8) is 0 Å². The van der Waals surface area contributed by atoms with E-state index in [0.717, 1.165) is 21.3 Å². The molecule has 2 atom stereocenters. The molecular weight excluding hydrogens is 332 g/mol. The Balaban J connectivity index is 3.27. The Morgan fingerprint density at radius 2 is 1.60 bits per heavy atom. The molecule has 0 aliphatic heterocycles. The van der Waals surface area contributed by atoms with E-state index in [-0.39, 0.29) is 6.42 Å². The van der Waals surface area contributed by atoms with Crippen molar-refractivity contribution in [2.45, 2.75) is 18.4 Å². The fourth-order valence-electron chi connectivity index (χ4n) is 2.37. The Morgan fingerprint density at radius 1 is 1.00 bits per heavy atom. The summed E-state index contributed by atoms with van der Waals surface area (Å²) in [5.41, 5.74) is -2.17. The molecule has 1 aromatic carbocycles. The Kier molecular flexibility index (Phi) is 7.25. The van der Waals surface area contributed by atoms with Crippen molar-refractivity contribution in [2.24, 2.45) is 5.92 Å². The van der Waals surface area contributed by atoms with E-state index in [0.29, 0.717) is 5.56 Å². The van der Waals surface area contributed by atoms with Crippen molar-refractivity contribution in [3.8, 4) is 0 Å². The average molecular weight is 352 g/mol. The summed E-state index contributed by atoms with van der Waals surface area (Å²) >= 11 is 0. The van der Waals surface area contributed by atoms with Crippen LogP contribution in [-0.2, 0) is 39.8 Å². The number of carbonyl (C=O) groups is 4. The number of hydrogen-bond donors (Lipinski definition) is 1. The number of Topliss-reactive ketones (excluding diaryl/α,β-unsaturated/α-hetero) is 1. The van der Waals surface area contributed by atoms with E-state index in [1.54, 1.807) is 30.3 Å². The topological polar surface area (TPSA) is 116 Å². The molecule has 2 unspecified atom stereocenters. The van der Waals surface area contributed by atoms with Crippen LogP contribution in [0, 0.1) is 5.92 Å². The van der Waals surface area contributed by atoms with E-state index < -0.39 is 41.6 Å². The molecule has 0 spiro atoms. The fraction of sp³-hybridized carbons (Fsp3) is 0.412. The van der Waals surface area contributed by atoms with Gasteiger partial charge in [0.2, 0.25) is 0 Å². The van der Waals surface area contributed by atoms with E-state index in [1.807, 2.05) is 0 Å². The molecule has 0 fully saturated rings. The standard InChI is InChI=1S/C17H20O8/c1-23-13(19)10-17(22,16(21)25-3)14(15(20)24-2)12(18)9-11-7-5-4-6-8-11/h4-8,14,22H,9-10H2,1-3H3. The average Bonchev–Trinajstić information content (AvgIpc) is 2.61. The van der Waals surface area contributed by atoms with Gasteiger partial charge in [-0.25, -0.2) is 4.79 Å². The first-order chi connectivity index (χ1) is 11.8. The Hall–Kier alpha value is -2.74. The van der Waals surface area contributed by atoms with Crippen LogP contribution in [0.4, 0.5) is 0 Å². The van der Waals surface area contributed by atoms with Crippen LogP contribution in [0.1, 0.15) is 12.0 Å². The molecule has 0 aliphatic carbocycles. The fourth-order valence-corrected chi connectivity index (χ4v) is 2.37. The summed E-state index contributed by atoms with van der Waals surface area (Å²) in [7, 11) is 3.00. The minimum absolute atomic E-state index is 0.249. The second-order valence-corrected chi connectivity index (χ2v) is 5.25. The first kappa shape index (κ1) is 20.3. The Bertz CT molecular complexity index is 639. The van der Waals surface area contributed by atoms with Gasteiger partial charge in [0, 0.05) is 6.42 Å². The van der Waals surface area contributed by atoms with Crippen LogP contribution >= 0.6 is 0 Å². The van der Waals surface area contributed by atoms with Crippen LogP contribution < -0.4 is 0 Å². The van der Waals surface area contributed by atoms with Crippen molar-refractivity contribution in [1.29, 1.82) is 0 Å². The SMILES string of the molecule is COC(=O)CC(O)(C(=O)OC)C(C(=O)Cc1ccccc1)C(=O)OC. The Labute approximate surface area is 144 Å². The summed E-state index contributed by atoms with van der Waals surface area (Å²) in [6, 6.07) is 8.41. The van der Waals surface area contributed by atoms with Crippen LogP contribution in [0.2, 0.25) is 0 Å². The molecule has 8 nitrogen and oxygen atoms in total.